The molecule has 1 unspecified atom stereocenters. The summed E-state index contributed by atoms with van der Waals surface area (Å²) >= 11 is 0. The number of rotatable bonds is 2. The molecular formula is C30H52O3. The maximum absolute atomic E-state index is 10.9. The second-order valence-electron chi connectivity index (χ2n) is 15.3. The third kappa shape index (κ3) is 3.16. The Morgan fingerprint density at radius 1 is 0.697 bits per heavy atom. The van der Waals surface area contributed by atoms with E-state index >= 15 is 0 Å². The van der Waals surface area contributed by atoms with Crippen molar-refractivity contribution in [1.29, 1.82) is 0 Å². The molecule has 10 atom stereocenters. The summed E-state index contributed by atoms with van der Waals surface area (Å²) in [5, 5.41) is 21.5. The monoisotopic (exact) mass is 460 g/mol. The van der Waals surface area contributed by atoms with Gasteiger partial charge in [-0.05, 0) is 130 Å². The van der Waals surface area contributed by atoms with E-state index in [2.05, 4.69) is 41.5 Å². The van der Waals surface area contributed by atoms with E-state index in [1.807, 2.05) is 13.8 Å². The predicted molar refractivity (Wildman–Crippen MR) is 134 cm³/mol. The molecule has 0 amide bonds. The lowest BCUT2D eigenvalue weighted by Crippen LogP contribution is -2.64. The van der Waals surface area contributed by atoms with Crippen LogP contribution in [-0.2, 0) is 4.74 Å². The summed E-state index contributed by atoms with van der Waals surface area (Å²) in [5.41, 5.74) is 0.277. The Bertz CT molecular complexity index is 784. The van der Waals surface area contributed by atoms with Crippen molar-refractivity contribution >= 4 is 0 Å². The molecule has 0 aromatic heterocycles. The maximum atomic E-state index is 10.9. The highest BCUT2D eigenvalue weighted by molar-refractivity contribution is 5.18. The maximum Gasteiger partial charge on any atom is 0.0865 e. The first-order valence-electron chi connectivity index (χ1n) is 14.2. The van der Waals surface area contributed by atoms with Crippen LogP contribution in [0.2, 0.25) is 0 Å². The Labute approximate surface area is 203 Å². The standard InChI is InChI=1S/C30H52O3/c1-25(2)21-12-17-29(7)22(27(21,5)15-13-23(25)31)10-9-19-20(11-16-28(19,29)6)30(8)18-14-24(33-30)26(3,4)32/h19-24,31-32H,9-18H2,1-8H3/t19-,20+,21?,22-,23-,24-,27+,28+,29-,30+/m1/s1. The van der Waals surface area contributed by atoms with Crippen molar-refractivity contribution < 1.29 is 14.9 Å². The molecule has 0 bridgehead atoms. The minimum Gasteiger partial charge on any atom is -0.393 e. The lowest BCUT2D eigenvalue weighted by Gasteiger charge is -2.70. The van der Waals surface area contributed by atoms with Gasteiger partial charge in [0.05, 0.1) is 23.4 Å². The van der Waals surface area contributed by atoms with E-state index in [1.54, 1.807) is 0 Å². The van der Waals surface area contributed by atoms with E-state index in [4.69, 9.17) is 4.74 Å². The Hall–Kier alpha value is -0.120. The molecular weight excluding hydrogens is 408 g/mol. The molecule has 190 valence electrons. The fourth-order valence-corrected chi connectivity index (χ4v) is 11.1. The molecule has 3 nitrogen and oxygen atoms in total. The summed E-state index contributed by atoms with van der Waals surface area (Å²) in [6, 6.07) is 0. The van der Waals surface area contributed by atoms with Crippen LogP contribution in [0.25, 0.3) is 0 Å². The highest BCUT2D eigenvalue weighted by Gasteiger charge is 2.70. The number of hydrogen-bond donors (Lipinski definition) is 2. The topological polar surface area (TPSA) is 49.7 Å². The lowest BCUT2D eigenvalue weighted by atomic mass is 9.35. The molecule has 4 aliphatic carbocycles. The van der Waals surface area contributed by atoms with Crippen molar-refractivity contribution in [3.05, 3.63) is 0 Å². The zero-order valence-electron chi connectivity index (χ0n) is 22.8. The van der Waals surface area contributed by atoms with Gasteiger partial charge in [0.1, 0.15) is 0 Å². The normalized spacial score (nSPS) is 56.2. The summed E-state index contributed by atoms with van der Waals surface area (Å²) < 4.78 is 6.73. The largest absolute Gasteiger partial charge is 0.393 e. The van der Waals surface area contributed by atoms with Gasteiger partial charge in [0.2, 0.25) is 0 Å². The number of ether oxygens (including phenoxy) is 1. The molecule has 1 aliphatic heterocycles. The lowest BCUT2D eigenvalue weighted by molar-refractivity contribution is -0.227. The van der Waals surface area contributed by atoms with Crippen molar-refractivity contribution in [3.63, 3.8) is 0 Å². The molecule has 5 fully saturated rings. The number of fused-ring (bicyclic) bond motifs is 5. The molecule has 0 radical (unpaired) electrons. The average molecular weight is 461 g/mol. The molecule has 0 spiro atoms. The molecule has 5 aliphatic rings. The summed E-state index contributed by atoms with van der Waals surface area (Å²) in [5.74, 6) is 2.73. The molecule has 1 heterocycles. The molecule has 3 heteroatoms. The zero-order chi connectivity index (χ0) is 24.2. The van der Waals surface area contributed by atoms with Gasteiger partial charge in [-0.2, -0.15) is 0 Å². The van der Waals surface area contributed by atoms with Crippen LogP contribution in [0.5, 0.6) is 0 Å². The van der Waals surface area contributed by atoms with Crippen molar-refractivity contribution in [2.75, 3.05) is 0 Å². The Kier molecular flexibility index (Phi) is 5.38. The highest BCUT2D eigenvalue weighted by atomic mass is 16.5. The van der Waals surface area contributed by atoms with Gasteiger partial charge in [0.15, 0.2) is 0 Å². The summed E-state index contributed by atoms with van der Waals surface area (Å²) in [4.78, 5) is 0. The fourth-order valence-electron chi connectivity index (χ4n) is 11.1. The van der Waals surface area contributed by atoms with Gasteiger partial charge in [-0.25, -0.2) is 0 Å². The van der Waals surface area contributed by atoms with Crippen molar-refractivity contribution in [2.24, 2.45) is 45.3 Å². The van der Waals surface area contributed by atoms with Gasteiger partial charge in [0.25, 0.3) is 0 Å². The molecule has 0 aromatic rings. The third-order valence-corrected chi connectivity index (χ3v) is 13.3. The van der Waals surface area contributed by atoms with E-state index in [0.29, 0.717) is 28.1 Å². The second kappa shape index (κ2) is 7.22. The minimum atomic E-state index is -0.755. The molecule has 1 saturated heterocycles. The van der Waals surface area contributed by atoms with E-state index in [-0.39, 0.29) is 23.2 Å². The number of aliphatic hydroxyl groups is 2. The summed E-state index contributed by atoms with van der Waals surface area (Å²) in [6.07, 6.45) is 11.9. The van der Waals surface area contributed by atoms with Gasteiger partial charge in [0, 0.05) is 0 Å². The van der Waals surface area contributed by atoms with Crippen LogP contribution in [0.15, 0.2) is 0 Å². The fraction of sp³-hybridized carbons (Fsp3) is 1.00. The van der Waals surface area contributed by atoms with Crippen LogP contribution >= 0.6 is 0 Å². The van der Waals surface area contributed by atoms with Crippen LogP contribution < -0.4 is 0 Å². The van der Waals surface area contributed by atoms with Gasteiger partial charge >= 0.3 is 0 Å². The van der Waals surface area contributed by atoms with E-state index in [0.717, 1.165) is 31.1 Å². The Morgan fingerprint density at radius 3 is 2.00 bits per heavy atom. The third-order valence-electron chi connectivity index (χ3n) is 13.3. The smallest absolute Gasteiger partial charge is 0.0865 e. The van der Waals surface area contributed by atoms with Gasteiger partial charge < -0.3 is 14.9 Å². The summed E-state index contributed by atoms with van der Waals surface area (Å²) in [6.45, 7) is 18.8. The molecule has 2 N–H and O–H groups in total. The Balaban J connectivity index is 1.44. The minimum absolute atomic E-state index is 0.0293. The summed E-state index contributed by atoms with van der Waals surface area (Å²) in [7, 11) is 0. The zero-order valence-corrected chi connectivity index (χ0v) is 22.8. The first-order chi connectivity index (χ1) is 15.1. The van der Waals surface area contributed by atoms with Gasteiger partial charge in [-0.1, -0.05) is 34.6 Å². The SMILES string of the molecule is CC(C)(O)[C@H]1CC[C@@](C)([C@H]2CC[C@@]3(C)[C@@H]2CC[C@@H]2[C@@]4(C)CC[C@@H](O)C(C)(C)C4CC[C@]23C)O1. The van der Waals surface area contributed by atoms with E-state index in [9.17, 15) is 10.2 Å². The van der Waals surface area contributed by atoms with Crippen molar-refractivity contribution in [3.8, 4) is 0 Å². The average Bonchev–Trinajstić information content (AvgIpc) is 3.27. The highest BCUT2D eigenvalue weighted by Crippen LogP contribution is 2.76. The second-order valence-corrected chi connectivity index (χ2v) is 15.3. The molecule has 0 aromatic carbocycles. The number of aliphatic hydroxyl groups excluding tert-OH is 1. The van der Waals surface area contributed by atoms with Crippen LogP contribution in [0, 0.1) is 45.3 Å². The van der Waals surface area contributed by atoms with Crippen LogP contribution in [0.3, 0.4) is 0 Å². The van der Waals surface area contributed by atoms with Crippen LogP contribution in [0.1, 0.15) is 120 Å². The quantitative estimate of drug-likeness (QED) is 0.480. The van der Waals surface area contributed by atoms with Gasteiger partial charge in [-0.15, -0.1) is 0 Å². The molecule has 5 rings (SSSR count). The first-order valence-corrected chi connectivity index (χ1v) is 14.2. The first kappa shape index (κ1) is 24.6. The van der Waals surface area contributed by atoms with Crippen molar-refractivity contribution in [1.82, 2.24) is 0 Å². The van der Waals surface area contributed by atoms with Crippen LogP contribution in [0.4, 0.5) is 0 Å². The van der Waals surface area contributed by atoms with Gasteiger partial charge in [-0.3, -0.25) is 0 Å². The predicted octanol–water partition coefficient (Wildman–Crippen LogP) is 6.74. The van der Waals surface area contributed by atoms with Crippen LogP contribution in [-0.4, -0.2) is 33.6 Å². The molecule has 33 heavy (non-hydrogen) atoms. The van der Waals surface area contributed by atoms with E-state index in [1.165, 1.54) is 44.9 Å². The Morgan fingerprint density at radius 2 is 1.36 bits per heavy atom. The van der Waals surface area contributed by atoms with E-state index < -0.39 is 5.60 Å². The molecule has 4 saturated carbocycles. The number of hydrogen-bond acceptors (Lipinski definition) is 3. The van der Waals surface area contributed by atoms with Crippen molar-refractivity contribution in [2.45, 2.75) is 143 Å².